The van der Waals surface area contributed by atoms with E-state index in [0.29, 0.717) is 45.2 Å². The molecule has 3 aliphatic rings. The zero-order valence-electron chi connectivity index (χ0n) is 15.8. The van der Waals surface area contributed by atoms with Crippen molar-refractivity contribution in [3.63, 3.8) is 0 Å². The maximum atomic E-state index is 12.9. The molecule has 0 spiro atoms. The van der Waals surface area contributed by atoms with Gasteiger partial charge in [0, 0.05) is 45.2 Å². The molecule has 0 aromatic heterocycles. The van der Waals surface area contributed by atoms with Gasteiger partial charge < -0.3 is 15.0 Å². The molecule has 3 unspecified atom stereocenters. The van der Waals surface area contributed by atoms with Crippen LogP contribution in [-0.2, 0) is 19.7 Å². The number of ether oxygens (including phenoxy) is 1. The number of nitrogens with one attached hydrogen (secondary N) is 1. The van der Waals surface area contributed by atoms with Crippen LogP contribution in [0.15, 0.2) is 0 Å². The van der Waals surface area contributed by atoms with Crippen LogP contribution in [0.5, 0.6) is 0 Å². The molecule has 0 saturated carbocycles. The summed E-state index contributed by atoms with van der Waals surface area (Å²) in [7, 11) is -3.49. The summed E-state index contributed by atoms with van der Waals surface area (Å²) >= 11 is 0. The average Bonchev–Trinajstić information content (AvgIpc) is 2.51. The van der Waals surface area contributed by atoms with Gasteiger partial charge in [0.2, 0.25) is 5.91 Å². The molecule has 3 rings (SSSR count). The lowest BCUT2D eigenvalue weighted by molar-refractivity contribution is -0.138. The van der Waals surface area contributed by atoms with Crippen LogP contribution in [-0.4, -0.2) is 92.4 Å². The van der Waals surface area contributed by atoms with Crippen molar-refractivity contribution >= 4 is 28.5 Å². The largest absolute Gasteiger partial charge is 0.373 e. The van der Waals surface area contributed by atoms with Gasteiger partial charge in [0.1, 0.15) is 0 Å². The molecule has 0 bridgehead atoms. The number of halogens is 1. The Kier molecular flexibility index (Phi) is 7.31. The lowest BCUT2D eigenvalue weighted by Crippen LogP contribution is -2.59. The van der Waals surface area contributed by atoms with E-state index in [1.54, 1.807) is 0 Å². The van der Waals surface area contributed by atoms with Crippen LogP contribution < -0.4 is 5.32 Å². The van der Waals surface area contributed by atoms with Gasteiger partial charge in [0.05, 0.1) is 12.2 Å². The third-order valence-electron chi connectivity index (χ3n) is 5.50. The Morgan fingerprint density at radius 1 is 1.04 bits per heavy atom. The number of hydrogen-bond acceptors (Lipinski definition) is 5. The van der Waals surface area contributed by atoms with Gasteiger partial charge in [-0.25, -0.2) is 0 Å². The van der Waals surface area contributed by atoms with Gasteiger partial charge in [0.25, 0.3) is 10.2 Å². The lowest BCUT2D eigenvalue weighted by Gasteiger charge is -2.41. The molecule has 1 N–H and O–H groups in total. The maximum absolute atomic E-state index is 12.9. The minimum absolute atomic E-state index is 0. The summed E-state index contributed by atoms with van der Waals surface area (Å²) in [6, 6.07) is 0. The number of amides is 1. The van der Waals surface area contributed by atoms with Crippen LogP contribution in [0.4, 0.5) is 0 Å². The van der Waals surface area contributed by atoms with Crippen LogP contribution in [0.1, 0.15) is 20.8 Å². The Balaban J connectivity index is 0.00000243. The first kappa shape index (κ1) is 21.8. The highest BCUT2D eigenvalue weighted by molar-refractivity contribution is 7.86. The summed E-state index contributed by atoms with van der Waals surface area (Å²) in [4.78, 5) is 14.4. The van der Waals surface area contributed by atoms with Gasteiger partial charge in [-0.3, -0.25) is 4.79 Å². The van der Waals surface area contributed by atoms with Gasteiger partial charge in [-0.05, 0) is 32.9 Å². The van der Waals surface area contributed by atoms with Crippen molar-refractivity contribution in [3.8, 4) is 0 Å². The SMILES string of the molecule is CC1CN(S(=O)(=O)N2CCN(C(=O)C(C)C3CNC3)CC2)CC(C)O1.Cl. The third kappa shape index (κ3) is 4.51. The first-order valence-electron chi connectivity index (χ1n) is 9.19. The van der Waals surface area contributed by atoms with Crippen LogP contribution in [0.2, 0.25) is 0 Å². The summed E-state index contributed by atoms with van der Waals surface area (Å²) in [5.41, 5.74) is 0. The molecule has 3 atom stereocenters. The molecule has 10 heteroatoms. The number of carbonyl (C=O) groups excluding carboxylic acids is 1. The van der Waals surface area contributed by atoms with Crippen molar-refractivity contribution in [1.29, 1.82) is 0 Å². The predicted molar refractivity (Wildman–Crippen MR) is 101 cm³/mol. The molecule has 152 valence electrons. The molecule has 26 heavy (non-hydrogen) atoms. The van der Waals surface area contributed by atoms with Gasteiger partial charge >= 0.3 is 0 Å². The summed E-state index contributed by atoms with van der Waals surface area (Å²) in [5.74, 6) is 0.563. The van der Waals surface area contributed by atoms with E-state index in [2.05, 4.69) is 5.32 Å². The van der Waals surface area contributed by atoms with E-state index in [4.69, 9.17) is 4.74 Å². The predicted octanol–water partition coefficient (Wildman–Crippen LogP) is -0.238. The van der Waals surface area contributed by atoms with Crippen molar-refractivity contribution in [2.75, 3.05) is 52.4 Å². The van der Waals surface area contributed by atoms with Crippen LogP contribution in [0, 0.1) is 11.8 Å². The maximum Gasteiger partial charge on any atom is 0.282 e. The van der Waals surface area contributed by atoms with Crippen LogP contribution in [0.25, 0.3) is 0 Å². The highest BCUT2D eigenvalue weighted by atomic mass is 35.5. The first-order valence-corrected chi connectivity index (χ1v) is 10.6. The molecular formula is C16H31ClN4O4S. The molecule has 1 amide bonds. The molecule has 8 nitrogen and oxygen atoms in total. The smallest absolute Gasteiger partial charge is 0.282 e. The fraction of sp³-hybridized carbons (Fsp3) is 0.938. The molecule has 3 saturated heterocycles. The van der Waals surface area contributed by atoms with Crippen molar-refractivity contribution in [3.05, 3.63) is 0 Å². The zero-order chi connectivity index (χ0) is 18.2. The Labute approximate surface area is 162 Å². The topological polar surface area (TPSA) is 82.2 Å². The Bertz CT molecular complexity index is 583. The first-order chi connectivity index (χ1) is 11.8. The van der Waals surface area contributed by atoms with E-state index in [0.717, 1.165) is 13.1 Å². The highest BCUT2D eigenvalue weighted by Crippen LogP contribution is 2.22. The van der Waals surface area contributed by atoms with E-state index in [-0.39, 0.29) is 36.4 Å². The highest BCUT2D eigenvalue weighted by Gasteiger charge is 2.38. The van der Waals surface area contributed by atoms with Crippen molar-refractivity contribution in [2.45, 2.75) is 33.0 Å². The van der Waals surface area contributed by atoms with Gasteiger partial charge in [-0.2, -0.15) is 17.0 Å². The van der Waals surface area contributed by atoms with Crippen LogP contribution >= 0.6 is 12.4 Å². The monoisotopic (exact) mass is 410 g/mol. The summed E-state index contributed by atoms with van der Waals surface area (Å²) in [5, 5.41) is 3.20. The number of carbonyl (C=O) groups is 1. The quantitative estimate of drug-likeness (QED) is 0.691. The second-order valence-corrected chi connectivity index (χ2v) is 9.44. The van der Waals surface area contributed by atoms with E-state index < -0.39 is 10.2 Å². The number of hydrogen-bond donors (Lipinski definition) is 1. The van der Waals surface area contributed by atoms with Crippen molar-refractivity contribution in [2.24, 2.45) is 11.8 Å². The van der Waals surface area contributed by atoms with Crippen molar-refractivity contribution in [1.82, 2.24) is 18.8 Å². The Hall–Kier alpha value is -0.450. The van der Waals surface area contributed by atoms with Crippen molar-refractivity contribution < 1.29 is 17.9 Å². The van der Waals surface area contributed by atoms with E-state index >= 15 is 0 Å². The van der Waals surface area contributed by atoms with Gasteiger partial charge in [-0.1, -0.05) is 6.92 Å². The minimum Gasteiger partial charge on any atom is -0.373 e. The average molecular weight is 411 g/mol. The lowest BCUT2D eigenvalue weighted by atomic mass is 9.88. The van der Waals surface area contributed by atoms with E-state index in [9.17, 15) is 13.2 Å². The Morgan fingerprint density at radius 2 is 1.58 bits per heavy atom. The molecular weight excluding hydrogens is 380 g/mol. The third-order valence-corrected chi connectivity index (χ3v) is 7.47. The fourth-order valence-electron chi connectivity index (χ4n) is 3.78. The summed E-state index contributed by atoms with van der Waals surface area (Å²) in [6.07, 6.45) is -0.198. The number of piperazine rings is 1. The normalized spacial score (nSPS) is 30.3. The molecule has 3 heterocycles. The second kappa shape index (κ2) is 8.70. The van der Waals surface area contributed by atoms with E-state index in [1.165, 1.54) is 8.61 Å². The van der Waals surface area contributed by atoms with E-state index in [1.807, 2.05) is 25.7 Å². The molecule has 3 fully saturated rings. The summed E-state index contributed by atoms with van der Waals surface area (Å²) in [6.45, 7) is 10.0. The van der Waals surface area contributed by atoms with Gasteiger partial charge in [0.15, 0.2) is 0 Å². The fourth-order valence-corrected chi connectivity index (χ4v) is 5.52. The molecule has 0 aromatic rings. The number of morpholine rings is 1. The molecule has 0 radical (unpaired) electrons. The minimum atomic E-state index is -3.49. The molecule has 0 aromatic carbocycles. The van der Waals surface area contributed by atoms with Crippen LogP contribution in [0.3, 0.4) is 0 Å². The number of rotatable bonds is 4. The number of nitrogens with zero attached hydrogens (tertiary/aromatic N) is 3. The zero-order valence-corrected chi connectivity index (χ0v) is 17.4. The Morgan fingerprint density at radius 3 is 2.04 bits per heavy atom. The molecule has 0 aliphatic carbocycles. The second-order valence-electron chi connectivity index (χ2n) is 7.51. The molecule has 3 aliphatic heterocycles. The standard InChI is InChI=1S/C16H30N4O4S.ClH/c1-12-10-20(11-13(2)24-12)25(22,23)19-6-4-18(5-7-19)16(21)14(3)15-8-17-9-15;/h12-15,17H,4-11H2,1-3H3;1H. The summed E-state index contributed by atoms with van der Waals surface area (Å²) < 4.78 is 34.4. The van der Waals surface area contributed by atoms with Gasteiger partial charge in [-0.15, -0.1) is 12.4 Å².